The van der Waals surface area contributed by atoms with Crippen LogP contribution < -0.4 is 10.6 Å². The van der Waals surface area contributed by atoms with Crippen LogP contribution in [0.1, 0.15) is 18.2 Å². The maximum absolute atomic E-state index is 5.79. The van der Waals surface area contributed by atoms with Gasteiger partial charge in [-0.25, -0.2) is 0 Å². The summed E-state index contributed by atoms with van der Waals surface area (Å²) in [6, 6.07) is 0. The average molecular weight is 224 g/mol. The van der Waals surface area contributed by atoms with Crippen LogP contribution in [0.25, 0.3) is 0 Å². The highest BCUT2D eigenvalue weighted by Crippen LogP contribution is 2.24. The first-order valence-electron chi connectivity index (χ1n) is 5.72. The van der Waals surface area contributed by atoms with Crippen molar-refractivity contribution in [3.63, 3.8) is 0 Å². The maximum Gasteiger partial charge on any atom is 0.131 e. The molecule has 1 saturated heterocycles. The van der Waals surface area contributed by atoms with Crippen LogP contribution in [0, 0.1) is 6.92 Å². The fourth-order valence-electron chi connectivity index (χ4n) is 2.34. The molecule has 0 amide bonds. The topological polar surface area (TPSA) is 56.3 Å². The number of hydrogen-bond acceptors (Lipinski definition) is 4. The minimum absolute atomic E-state index is 0.273. The lowest BCUT2D eigenvalue weighted by molar-refractivity contribution is 0.0526. The highest BCUT2D eigenvalue weighted by Gasteiger charge is 2.23. The Bertz CT molecular complexity index is 374. The Labute approximate surface area is 96.2 Å². The largest absolute Gasteiger partial charge is 0.375 e. The lowest BCUT2D eigenvalue weighted by Crippen LogP contribution is -2.42. The van der Waals surface area contributed by atoms with Crippen LogP contribution in [0.15, 0.2) is 0 Å². The number of morpholine rings is 1. The van der Waals surface area contributed by atoms with Gasteiger partial charge in [0.1, 0.15) is 5.82 Å². The summed E-state index contributed by atoms with van der Waals surface area (Å²) < 4.78 is 7.47. The molecule has 1 fully saturated rings. The van der Waals surface area contributed by atoms with Crippen LogP contribution in [-0.2, 0) is 18.3 Å². The van der Waals surface area contributed by atoms with Crippen molar-refractivity contribution in [1.82, 2.24) is 9.78 Å². The minimum atomic E-state index is 0.273. The Morgan fingerprint density at radius 1 is 1.56 bits per heavy atom. The van der Waals surface area contributed by atoms with Gasteiger partial charge in [-0.2, -0.15) is 5.10 Å². The number of rotatable bonds is 2. The molecule has 5 nitrogen and oxygen atoms in total. The van der Waals surface area contributed by atoms with E-state index in [4.69, 9.17) is 10.5 Å². The highest BCUT2D eigenvalue weighted by molar-refractivity contribution is 5.50. The molecule has 2 heterocycles. The molecule has 0 spiro atoms. The van der Waals surface area contributed by atoms with E-state index in [2.05, 4.69) is 16.9 Å². The number of anilines is 1. The number of ether oxygens (including phenoxy) is 1. The zero-order valence-corrected chi connectivity index (χ0v) is 10.2. The molecule has 0 aromatic carbocycles. The van der Waals surface area contributed by atoms with Crippen molar-refractivity contribution in [2.45, 2.75) is 26.5 Å². The van der Waals surface area contributed by atoms with E-state index >= 15 is 0 Å². The zero-order chi connectivity index (χ0) is 11.7. The lowest BCUT2D eigenvalue weighted by Gasteiger charge is -2.33. The third kappa shape index (κ3) is 1.92. The molecule has 0 bridgehead atoms. The SMILES string of the molecule is Cc1nn(C)c(N2CCOC(C)C2)c1CN. The maximum atomic E-state index is 5.79. The molecule has 2 N–H and O–H groups in total. The molecular formula is C11H20N4O. The first-order chi connectivity index (χ1) is 7.63. The van der Waals surface area contributed by atoms with Crippen LogP contribution in [0.4, 0.5) is 5.82 Å². The summed E-state index contributed by atoms with van der Waals surface area (Å²) in [5.41, 5.74) is 7.97. The van der Waals surface area contributed by atoms with Crippen molar-refractivity contribution in [3.05, 3.63) is 11.3 Å². The molecule has 1 aliphatic heterocycles. The molecule has 1 aliphatic rings. The average Bonchev–Trinajstić information content (AvgIpc) is 2.52. The molecule has 5 heteroatoms. The van der Waals surface area contributed by atoms with Crippen LogP contribution in [0.2, 0.25) is 0 Å². The normalized spacial score (nSPS) is 21.5. The highest BCUT2D eigenvalue weighted by atomic mass is 16.5. The third-order valence-electron chi connectivity index (χ3n) is 3.06. The van der Waals surface area contributed by atoms with Gasteiger partial charge in [-0.3, -0.25) is 4.68 Å². The Morgan fingerprint density at radius 2 is 2.31 bits per heavy atom. The van der Waals surface area contributed by atoms with Crippen molar-refractivity contribution in [2.75, 3.05) is 24.6 Å². The van der Waals surface area contributed by atoms with E-state index in [1.807, 2.05) is 18.7 Å². The van der Waals surface area contributed by atoms with E-state index in [0.717, 1.165) is 36.8 Å². The molecule has 0 aliphatic carbocycles. The van der Waals surface area contributed by atoms with Crippen molar-refractivity contribution in [2.24, 2.45) is 12.8 Å². The predicted molar refractivity (Wildman–Crippen MR) is 63.5 cm³/mol. The van der Waals surface area contributed by atoms with Gasteiger partial charge in [0.05, 0.1) is 18.4 Å². The minimum Gasteiger partial charge on any atom is -0.375 e. The lowest BCUT2D eigenvalue weighted by atomic mass is 10.2. The Balaban J connectivity index is 2.31. The van der Waals surface area contributed by atoms with Gasteiger partial charge < -0.3 is 15.4 Å². The second-order valence-corrected chi connectivity index (χ2v) is 4.34. The Morgan fingerprint density at radius 3 is 2.94 bits per heavy atom. The standard InChI is InChI=1S/C11H20N4O/c1-8-7-15(4-5-16-8)11-10(6-12)9(2)13-14(11)3/h8H,4-7,12H2,1-3H3. The van der Waals surface area contributed by atoms with Gasteiger partial charge >= 0.3 is 0 Å². The van der Waals surface area contributed by atoms with Crippen LogP contribution >= 0.6 is 0 Å². The summed E-state index contributed by atoms with van der Waals surface area (Å²) in [5, 5.41) is 4.44. The molecule has 16 heavy (non-hydrogen) atoms. The summed E-state index contributed by atoms with van der Waals surface area (Å²) in [7, 11) is 1.97. The smallest absolute Gasteiger partial charge is 0.131 e. The van der Waals surface area contributed by atoms with Crippen LogP contribution in [-0.4, -0.2) is 35.6 Å². The molecule has 0 radical (unpaired) electrons. The molecule has 2 rings (SSSR count). The zero-order valence-electron chi connectivity index (χ0n) is 10.2. The third-order valence-corrected chi connectivity index (χ3v) is 3.06. The van der Waals surface area contributed by atoms with Gasteiger partial charge in [0.2, 0.25) is 0 Å². The van der Waals surface area contributed by atoms with Gasteiger partial charge in [-0.1, -0.05) is 0 Å². The molecule has 1 unspecified atom stereocenters. The van der Waals surface area contributed by atoms with Gasteiger partial charge in [-0.05, 0) is 13.8 Å². The first-order valence-corrected chi connectivity index (χ1v) is 5.72. The van der Waals surface area contributed by atoms with Crippen LogP contribution in [0.3, 0.4) is 0 Å². The number of nitrogens with zero attached hydrogens (tertiary/aromatic N) is 3. The van der Waals surface area contributed by atoms with Crippen LogP contribution in [0.5, 0.6) is 0 Å². The predicted octanol–water partition coefficient (Wildman–Crippen LogP) is 0.412. The molecule has 1 aromatic heterocycles. The van der Waals surface area contributed by atoms with Gasteiger partial charge in [0.15, 0.2) is 0 Å². The van der Waals surface area contributed by atoms with E-state index < -0.39 is 0 Å². The number of hydrogen-bond donors (Lipinski definition) is 1. The molecule has 1 aromatic rings. The summed E-state index contributed by atoms with van der Waals surface area (Å²) in [6.45, 7) is 7.24. The number of aryl methyl sites for hydroxylation is 2. The quantitative estimate of drug-likeness (QED) is 0.790. The molecule has 0 saturated carbocycles. The molecule has 1 atom stereocenters. The summed E-state index contributed by atoms with van der Waals surface area (Å²) in [4.78, 5) is 2.32. The Hall–Kier alpha value is -1.07. The van der Waals surface area contributed by atoms with Crippen molar-refractivity contribution < 1.29 is 4.74 Å². The summed E-state index contributed by atoms with van der Waals surface area (Å²) in [6.07, 6.45) is 0.273. The van der Waals surface area contributed by atoms with Gasteiger partial charge in [0.25, 0.3) is 0 Å². The van der Waals surface area contributed by atoms with E-state index in [1.165, 1.54) is 0 Å². The fourth-order valence-corrected chi connectivity index (χ4v) is 2.34. The number of nitrogens with two attached hydrogens (primary N) is 1. The van der Waals surface area contributed by atoms with E-state index in [-0.39, 0.29) is 6.10 Å². The molecule has 90 valence electrons. The van der Waals surface area contributed by atoms with Gasteiger partial charge in [-0.15, -0.1) is 0 Å². The summed E-state index contributed by atoms with van der Waals surface area (Å²) >= 11 is 0. The van der Waals surface area contributed by atoms with E-state index in [1.54, 1.807) is 0 Å². The number of aromatic nitrogens is 2. The second kappa shape index (κ2) is 4.43. The van der Waals surface area contributed by atoms with E-state index in [0.29, 0.717) is 6.54 Å². The summed E-state index contributed by atoms with van der Waals surface area (Å²) in [5.74, 6) is 1.15. The molecular weight excluding hydrogens is 204 g/mol. The van der Waals surface area contributed by atoms with Crippen molar-refractivity contribution in [3.8, 4) is 0 Å². The first kappa shape index (κ1) is 11.4. The fraction of sp³-hybridized carbons (Fsp3) is 0.727. The Kier molecular flexibility index (Phi) is 3.16. The monoisotopic (exact) mass is 224 g/mol. The van der Waals surface area contributed by atoms with Crippen molar-refractivity contribution >= 4 is 5.82 Å². The second-order valence-electron chi connectivity index (χ2n) is 4.34. The van der Waals surface area contributed by atoms with E-state index in [9.17, 15) is 0 Å². The van der Waals surface area contributed by atoms with Gasteiger partial charge in [0, 0.05) is 32.2 Å². The van der Waals surface area contributed by atoms with Crippen molar-refractivity contribution in [1.29, 1.82) is 0 Å².